The lowest BCUT2D eigenvalue weighted by Gasteiger charge is -2.13. The maximum absolute atomic E-state index is 10.7. The van der Waals surface area contributed by atoms with E-state index in [0.29, 0.717) is 5.92 Å². The molecule has 108 valence electrons. The van der Waals surface area contributed by atoms with Gasteiger partial charge in [0.15, 0.2) is 0 Å². The van der Waals surface area contributed by atoms with E-state index >= 15 is 0 Å². The third-order valence-electron chi connectivity index (χ3n) is 3.86. The predicted octanol–water partition coefficient (Wildman–Crippen LogP) is 5.91. The van der Waals surface area contributed by atoms with E-state index in [1.807, 2.05) is 0 Å². The van der Waals surface area contributed by atoms with Gasteiger partial charge in [0.2, 0.25) is 0 Å². The second kappa shape index (κ2) is 14.7. The highest BCUT2D eigenvalue weighted by molar-refractivity contribution is 5.49. The fourth-order valence-electron chi connectivity index (χ4n) is 2.59. The molecule has 0 aromatic rings. The van der Waals surface area contributed by atoms with Gasteiger partial charge in [-0.25, -0.2) is 0 Å². The minimum absolute atomic E-state index is 0.672. The van der Waals surface area contributed by atoms with Gasteiger partial charge in [0.25, 0.3) is 0 Å². The molecule has 0 atom stereocenters. The number of carbonyl (C=O) groups is 1. The summed E-state index contributed by atoms with van der Waals surface area (Å²) in [6.45, 7) is 4.51. The molecular weight excluding hydrogens is 220 g/mol. The van der Waals surface area contributed by atoms with E-state index in [4.69, 9.17) is 0 Å². The lowest BCUT2D eigenvalue weighted by molar-refractivity contribution is -0.108. The van der Waals surface area contributed by atoms with Crippen molar-refractivity contribution in [3.63, 3.8) is 0 Å². The molecule has 1 heteroatoms. The van der Waals surface area contributed by atoms with Crippen LogP contribution in [0.5, 0.6) is 0 Å². The Hall–Kier alpha value is -0.330. The van der Waals surface area contributed by atoms with Crippen LogP contribution < -0.4 is 0 Å². The summed E-state index contributed by atoms with van der Waals surface area (Å²) in [4.78, 5) is 10.7. The average Bonchev–Trinajstić information content (AvgIpc) is 2.38. The molecule has 0 N–H and O–H groups in total. The van der Waals surface area contributed by atoms with Gasteiger partial charge in [0.05, 0.1) is 0 Å². The minimum atomic E-state index is 0.672. The molecule has 18 heavy (non-hydrogen) atoms. The van der Waals surface area contributed by atoms with Gasteiger partial charge in [-0.3, -0.25) is 0 Å². The van der Waals surface area contributed by atoms with Crippen LogP contribution in [0.25, 0.3) is 0 Å². The molecule has 0 aliphatic rings. The molecule has 1 nitrogen and oxygen atoms in total. The van der Waals surface area contributed by atoms with Crippen molar-refractivity contribution in [3.8, 4) is 0 Å². The summed E-state index contributed by atoms with van der Waals surface area (Å²) in [6.07, 6.45) is 18.0. The standard InChI is InChI=1S/C17H34O/c1-3-5-7-9-11-13-17(15-16-18)14-12-10-8-6-4-2/h16-17H,3-15H2,1-2H3. The summed E-state index contributed by atoms with van der Waals surface area (Å²) in [6, 6.07) is 0. The fourth-order valence-corrected chi connectivity index (χ4v) is 2.59. The summed E-state index contributed by atoms with van der Waals surface area (Å²) < 4.78 is 0. The Bertz CT molecular complexity index is 151. The first-order valence-corrected chi connectivity index (χ1v) is 8.28. The molecule has 0 unspecified atom stereocenters. The van der Waals surface area contributed by atoms with Crippen molar-refractivity contribution in [1.29, 1.82) is 0 Å². The van der Waals surface area contributed by atoms with E-state index in [9.17, 15) is 4.79 Å². The van der Waals surface area contributed by atoms with Crippen LogP contribution >= 0.6 is 0 Å². The molecule has 0 spiro atoms. The van der Waals surface area contributed by atoms with Crippen molar-refractivity contribution in [3.05, 3.63) is 0 Å². The molecule has 0 radical (unpaired) electrons. The van der Waals surface area contributed by atoms with Crippen LogP contribution in [0, 0.1) is 5.92 Å². The molecule has 0 aliphatic carbocycles. The number of carbonyl (C=O) groups excluding carboxylic acids is 1. The first-order chi connectivity index (χ1) is 8.85. The molecule has 0 saturated heterocycles. The van der Waals surface area contributed by atoms with E-state index < -0.39 is 0 Å². The number of hydrogen-bond donors (Lipinski definition) is 0. The molecule has 0 aromatic carbocycles. The summed E-state index contributed by atoms with van der Waals surface area (Å²) in [5.41, 5.74) is 0. The van der Waals surface area contributed by atoms with E-state index in [1.54, 1.807) is 0 Å². The van der Waals surface area contributed by atoms with Gasteiger partial charge in [-0.05, 0) is 5.92 Å². The van der Waals surface area contributed by atoms with Gasteiger partial charge >= 0.3 is 0 Å². The highest BCUT2D eigenvalue weighted by atomic mass is 16.1. The molecule has 0 bridgehead atoms. The predicted molar refractivity (Wildman–Crippen MR) is 80.9 cm³/mol. The summed E-state index contributed by atoms with van der Waals surface area (Å²) in [7, 11) is 0. The maximum Gasteiger partial charge on any atom is 0.120 e. The number of rotatable bonds is 14. The lowest BCUT2D eigenvalue weighted by atomic mass is 9.92. The summed E-state index contributed by atoms with van der Waals surface area (Å²) in [5.74, 6) is 0.672. The largest absolute Gasteiger partial charge is 0.303 e. The van der Waals surface area contributed by atoms with Crippen molar-refractivity contribution in [2.75, 3.05) is 0 Å². The van der Waals surface area contributed by atoms with Gasteiger partial charge in [-0.2, -0.15) is 0 Å². The van der Waals surface area contributed by atoms with E-state index in [-0.39, 0.29) is 0 Å². The lowest BCUT2D eigenvalue weighted by Crippen LogP contribution is -2.02. The molecule has 0 heterocycles. The molecule has 0 aromatic heterocycles. The van der Waals surface area contributed by atoms with Crippen LogP contribution in [0.15, 0.2) is 0 Å². The quantitative estimate of drug-likeness (QED) is 0.278. The average molecular weight is 254 g/mol. The summed E-state index contributed by atoms with van der Waals surface area (Å²) >= 11 is 0. The van der Waals surface area contributed by atoms with E-state index in [2.05, 4.69) is 13.8 Å². The number of unbranched alkanes of at least 4 members (excludes halogenated alkanes) is 8. The Balaban J connectivity index is 3.48. The van der Waals surface area contributed by atoms with E-state index in [0.717, 1.165) is 12.7 Å². The molecule has 0 saturated carbocycles. The molecular formula is C17H34O. The van der Waals surface area contributed by atoms with Crippen LogP contribution in [0.2, 0.25) is 0 Å². The fraction of sp³-hybridized carbons (Fsp3) is 0.941. The molecule has 0 rings (SSSR count). The van der Waals surface area contributed by atoms with Crippen molar-refractivity contribution >= 4 is 6.29 Å². The summed E-state index contributed by atoms with van der Waals surface area (Å²) in [5, 5.41) is 0. The van der Waals surface area contributed by atoms with Gasteiger partial charge in [-0.1, -0.05) is 90.9 Å². The Morgan fingerprint density at radius 3 is 1.56 bits per heavy atom. The molecule has 0 fully saturated rings. The van der Waals surface area contributed by atoms with Crippen molar-refractivity contribution in [1.82, 2.24) is 0 Å². The topological polar surface area (TPSA) is 17.1 Å². The van der Waals surface area contributed by atoms with Gasteiger partial charge in [-0.15, -0.1) is 0 Å². The Kier molecular flexibility index (Phi) is 14.5. The SMILES string of the molecule is CCCCCCCC(CC=O)CCCCCCC. The van der Waals surface area contributed by atoms with Crippen LogP contribution in [0.1, 0.15) is 97.3 Å². The minimum Gasteiger partial charge on any atom is -0.303 e. The monoisotopic (exact) mass is 254 g/mol. The smallest absolute Gasteiger partial charge is 0.120 e. The van der Waals surface area contributed by atoms with Gasteiger partial charge < -0.3 is 4.79 Å². The van der Waals surface area contributed by atoms with Crippen LogP contribution in [0.3, 0.4) is 0 Å². The second-order valence-corrected chi connectivity index (χ2v) is 5.67. The molecule has 0 amide bonds. The van der Waals surface area contributed by atoms with Crippen molar-refractivity contribution in [2.45, 2.75) is 97.3 Å². The van der Waals surface area contributed by atoms with Gasteiger partial charge in [0, 0.05) is 6.42 Å². The second-order valence-electron chi connectivity index (χ2n) is 5.67. The Morgan fingerprint density at radius 1 is 0.722 bits per heavy atom. The third-order valence-corrected chi connectivity index (χ3v) is 3.86. The third kappa shape index (κ3) is 12.1. The van der Waals surface area contributed by atoms with E-state index in [1.165, 1.54) is 77.0 Å². The zero-order chi connectivity index (χ0) is 13.5. The zero-order valence-corrected chi connectivity index (χ0v) is 12.8. The normalized spacial score (nSPS) is 11.1. The van der Waals surface area contributed by atoms with Crippen LogP contribution in [-0.4, -0.2) is 6.29 Å². The van der Waals surface area contributed by atoms with Crippen molar-refractivity contribution < 1.29 is 4.79 Å². The highest BCUT2D eigenvalue weighted by Crippen LogP contribution is 2.20. The number of aldehydes is 1. The Morgan fingerprint density at radius 2 is 1.17 bits per heavy atom. The first kappa shape index (κ1) is 17.7. The van der Waals surface area contributed by atoms with Crippen LogP contribution in [-0.2, 0) is 4.79 Å². The van der Waals surface area contributed by atoms with Crippen LogP contribution in [0.4, 0.5) is 0 Å². The number of hydrogen-bond acceptors (Lipinski definition) is 1. The van der Waals surface area contributed by atoms with Crippen molar-refractivity contribution in [2.24, 2.45) is 5.92 Å². The van der Waals surface area contributed by atoms with Gasteiger partial charge in [0.1, 0.15) is 6.29 Å². The first-order valence-electron chi connectivity index (χ1n) is 8.28. The Labute approximate surface area is 115 Å². The zero-order valence-electron chi connectivity index (χ0n) is 12.8. The highest BCUT2D eigenvalue weighted by Gasteiger charge is 2.07. The molecule has 0 aliphatic heterocycles. The maximum atomic E-state index is 10.7.